The number of anilines is 1. The SMILES string of the molecule is CCCc1nn(C)c(CC)c1N. The zero-order valence-corrected chi connectivity index (χ0v) is 8.09. The van der Waals surface area contributed by atoms with Gasteiger partial charge < -0.3 is 5.73 Å². The summed E-state index contributed by atoms with van der Waals surface area (Å²) in [5, 5.41) is 4.36. The molecule has 0 atom stereocenters. The van der Waals surface area contributed by atoms with Crippen LogP contribution in [-0.2, 0) is 19.9 Å². The molecule has 0 aromatic carbocycles. The maximum atomic E-state index is 5.92. The third-order valence-electron chi connectivity index (χ3n) is 2.10. The van der Waals surface area contributed by atoms with Crippen LogP contribution >= 0.6 is 0 Å². The zero-order chi connectivity index (χ0) is 9.14. The van der Waals surface area contributed by atoms with Gasteiger partial charge in [-0.2, -0.15) is 5.10 Å². The molecule has 0 fully saturated rings. The number of hydrogen-bond acceptors (Lipinski definition) is 2. The number of nitrogens with zero attached hydrogens (tertiary/aromatic N) is 2. The Bertz CT molecular complexity index is 263. The van der Waals surface area contributed by atoms with Crippen molar-refractivity contribution in [3.63, 3.8) is 0 Å². The normalized spacial score (nSPS) is 10.6. The van der Waals surface area contributed by atoms with Crippen LogP contribution in [-0.4, -0.2) is 9.78 Å². The van der Waals surface area contributed by atoms with E-state index in [9.17, 15) is 0 Å². The van der Waals surface area contributed by atoms with Gasteiger partial charge in [-0.25, -0.2) is 0 Å². The Labute approximate surface area is 73.6 Å². The lowest BCUT2D eigenvalue weighted by atomic mass is 10.2. The zero-order valence-electron chi connectivity index (χ0n) is 8.09. The molecule has 0 unspecified atom stereocenters. The van der Waals surface area contributed by atoms with Crippen molar-refractivity contribution in [1.82, 2.24) is 9.78 Å². The predicted molar refractivity (Wildman–Crippen MR) is 51.0 cm³/mol. The van der Waals surface area contributed by atoms with Crippen molar-refractivity contribution in [1.29, 1.82) is 0 Å². The minimum absolute atomic E-state index is 0.891. The van der Waals surface area contributed by atoms with E-state index < -0.39 is 0 Å². The van der Waals surface area contributed by atoms with Crippen molar-refractivity contribution in [3.8, 4) is 0 Å². The fourth-order valence-corrected chi connectivity index (χ4v) is 1.48. The van der Waals surface area contributed by atoms with E-state index in [0.717, 1.165) is 36.3 Å². The second-order valence-corrected chi connectivity index (χ2v) is 3.03. The lowest BCUT2D eigenvalue weighted by molar-refractivity contribution is 0.698. The van der Waals surface area contributed by atoms with Gasteiger partial charge in [-0.05, 0) is 12.8 Å². The number of aryl methyl sites for hydroxylation is 2. The van der Waals surface area contributed by atoms with Crippen LogP contribution in [0.25, 0.3) is 0 Å². The third kappa shape index (κ3) is 1.44. The molecule has 0 saturated heterocycles. The highest BCUT2D eigenvalue weighted by molar-refractivity contribution is 5.48. The van der Waals surface area contributed by atoms with Crippen LogP contribution in [0.5, 0.6) is 0 Å². The van der Waals surface area contributed by atoms with Gasteiger partial charge >= 0.3 is 0 Å². The average molecular weight is 167 g/mol. The van der Waals surface area contributed by atoms with E-state index >= 15 is 0 Å². The first-order valence-electron chi connectivity index (χ1n) is 4.50. The van der Waals surface area contributed by atoms with Gasteiger partial charge in [-0.3, -0.25) is 4.68 Å². The Morgan fingerprint density at radius 1 is 1.42 bits per heavy atom. The lowest BCUT2D eigenvalue weighted by Crippen LogP contribution is -1.98. The number of rotatable bonds is 3. The molecule has 2 N–H and O–H groups in total. The number of nitrogens with two attached hydrogens (primary N) is 1. The molecule has 1 aromatic rings. The molecular formula is C9H17N3. The van der Waals surface area contributed by atoms with Crippen molar-refractivity contribution in [3.05, 3.63) is 11.4 Å². The minimum Gasteiger partial charge on any atom is -0.396 e. The molecular weight excluding hydrogens is 150 g/mol. The summed E-state index contributed by atoms with van der Waals surface area (Å²) in [6.45, 7) is 4.24. The Hall–Kier alpha value is -0.990. The minimum atomic E-state index is 0.891. The van der Waals surface area contributed by atoms with Crippen molar-refractivity contribution in [2.24, 2.45) is 7.05 Å². The molecule has 3 nitrogen and oxygen atoms in total. The predicted octanol–water partition coefficient (Wildman–Crippen LogP) is 1.52. The molecule has 0 bridgehead atoms. The third-order valence-corrected chi connectivity index (χ3v) is 2.10. The fraction of sp³-hybridized carbons (Fsp3) is 0.667. The Morgan fingerprint density at radius 3 is 2.50 bits per heavy atom. The summed E-state index contributed by atoms with van der Waals surface area (Å²) in [5.74, 6) is 0. The van der Waals surface area contributed by atoms with Crippen LogP contribution in [0.4, 0.5) is 5.69 Å². The maximum Gasteiger partial charge on any atom is 0.0856 e. The topological polar surface area (TPSA) is 43.8 Å². The second kappa shape index (κ2) is 3.61. The monoisotopic (exact) mass is 167 g/mol. The molecule has 1 aromatic heterocycles. The van der Waals surface area contributed by atoms with Crippen LogP contribution in [0.1, 0.15) is 31.7 Å². The molecule has 0 spiro atoms. The molecule has 12 heavy (non-hydrogen) atoms. The van der Waals surface area contributed by atoms with Crippen LogP contribution < -0.4 is 5.73 Å². The first-order chi connectivity index (χ1) is 5.70. The van der Waals surface area contributed by atoms with Gasteiger partial charge in [0.2, 0.25) is 0 Å². The second-order valence-electron chi connectivity index (χ2n) is 3.03. The van der Waals surface area contributed by atoms with E-state index in [1.165, 1.54) is 0 Å². The molecule has 0 aliphatic heterocycles. The summed E-state index contributed by atoms with van der Waals surface area (Å²) in [6, 6.07) is 0. The Kier molecular flexibility index (Phi) is 2.74. The molecule has 0 amide bonds. The molecule has 0 saturated carbocycles. The van der Waals surface area contributed by atoms with Gasteiger partial charge in [0.15, 0.2) is 0 Å². The number of nitrogen functional groups attached to an aromatic ring is 1. The van der Waals surface area contributed by atoms with E-state index in [1.54, 1.807) is 0 Å². The van der Waals surface area contributed by atoms with Gasteiger partial charge in [0.25, 0.3) is 0 Å². The first-order valence-corrected chi connectivity index (χ1v) is 4.50. The summed E-state index contributed by atoms with van der Waals surface area (Å²) in [4.78, 5) is 0. The van der Waals surface area contributed by atoms with E-state index in [2.05, 4.69) is 18.9 Å². The highest BCUT2D eigenvalue weighted by atomic mass is 15.3. The van der Waals surface area contributed by atoms with Gasteiger partial charge in [0, 0.05) is 7.05 Å². The fourth-order valence-electron chi connectivity index (χ4n) is 1.48. The summed E-state index contributed by atoms with van der Waals surface area (Å²) in [7, 11) is 1.95. The van der Waals surface area contributed by atoms with Gasteiger partial charge in [-0.1, -0.05) is 20.3 Å². The largest absolute Gasteiger partial charge is 0.396 e. The van der Waals surface area contributed by atoms with Crippen LogP contribution in [0, 0.1) is 0 Å². The van der Waals surface area contributed by atoms with Crippen molar-refractivity contribution in [2.45, 2.75) is 33.1 Å². The van der Waals surface area contributed by atoms with Gasteiger partial charge in [0.05, 0.1) is 17.1 Å². The summed E-state index contributed by atoms with van der Waals surface area (Å²) >= 11 is 0. The van der Waals surface area contributed by atoms with Crippen molar-refractivity contribution >= 4 is 5.69 Å². The van der Waals surface area contributed by atoms with Gasteiger partial charge in [0.1, 0.15) is 0 Å². The smallest absolute Gasteiger partial charge is 0.0856 e. The highest BCUT2D eigenvalue weighted by Crippen LogP contribution is 2.17. The molecule has 0 aliphatic rings. The van der Waals surface area contributed by atoms with E-state index in [0.29, 0.717) is 0 Å². The van der Waals surface area contributed by atoms with Crippen molar-refractivity contribution < 1.29 is 0 Å². The molecule has 3 heteroatoms. The summed E-state index contributed by atoms with van der Waals surface area (Å²) < 4.78 is 1.89. The highest BCUT2D eigenvalue weighted by Gasteiger charge is 2.09. The van der Waals surface area contributed by atoms with Crippen molar-refractivity contribution in [2.75, 3.05) is 5.73 Å². The Morgan fingerprint density at radius 2 is 2.08 bits per heavy atom. The Balaban J connectivity index is 3.00. The quantitative estimate of drug-likeness (QED) is 0.741. The number of aromatic nitrogens is 2. The summed E-state index contributed by atoms with van der Waals surface area (Å²) in [6.07, 6.45) is 3.04. The molecule has 0 radical (unpaired) electrons. The molecule has 1 rings (SSSR count). The standard InChI is InChI=1S/C9H17N3/c1-4-6-7-9(10)8(5-2)12(3)11-7/h4-6,10H2,1-3H3. The van der Waals surface area contributed by atoms with Gasteiger partial charge in [-0.15, -0.1) is 0 Å². The molecule has 68 valence electrons. The summed E-state index contributed by atoms with van der Waals surface area (Å²) in [5.41, 5.74) is 9.01. The number of hydrogen-bond donors (Lipinski definition) is 1. The average Bonchev–Trinajstić information content (AvgIpc) is 2.29. The molecule has 1 heterocycles. The van der Waals surface area contributed by atoms with E-state index in [-0.39, 0.29) is 0 Å². The lowest BCUT2D eigenvalue weighted by Gasteiger charge is -1.97. The van der Waals surface area contributed by atoms with E-state index in [1.807, 2.05) is 11.7 Å². The van der Waals surface area contributed by atoms with Crippen LogP contribution in [0.15, 0.2) is 0 Å². The van der Waals surface area contributed by atoms with E-state index in [4.69, 9.17) is 5.73 Å². The molecule has 0 aliphatic carbocycles. The van der Waals surface area contributed by atoms with Crippen LogP contribution in [0.3, 0.4) is 0 Å². The van der Waals surface area contributed by atoms with Crippen LogP contribution in [0.2, 0.25) is 0 Å². The first kappa shape index (κ1) is 9.10. The maximum absolute atomic E-state index is 5.92.